The van der Waals surface area contributed by atoms with Crippen LogP contribution in [-0.2, 0) is 4.79 Å². The first-order valence-corrected chi connectivity index (χ1v) is 7.81. The molecule has 6 nitrogen and oxygen atoms in total. The van der Waals surface area contributed by atoms with Gasteiger partial charge in [0.2, 0.25) is 5.91 Å². The molecular weight excluding hydrogens is 306 g/mol. The smallest absolute Gasteiger partial charge is 0.257 e. The normalized spacial score (nSPS) is 13.9. The van der Waals surface area contributed by atoms with Crippen LogP contribution < -0.4 is 15.0 Å². The van der Waals surface area contributed by atoms with Crippen LogP contribution in [0.3, 0.4) is 0 Å². The molecule has 1 aliphatic rings. The predicted molar refractivity (Wildman–Crippen MR) is 91.5 cm³/mol. The van der Waals surface area contributed by atoms with Crippen molar-refractivity contribution in [3.05, 3.63) is 47.8 Å². The summed E-state index contributed by atoms with van der Waals surface area (Å²) in [5.41, 5.74) is 2.68. The van der Waals surface area contributed by atoms with Gasteiger partial charge in [-0.25, -0.2) is 0 Å². The fourth-order valence-corrected chi connectivity index (χ4v) is 2.69. The minimum Gasteiger partial charge on any atom is -0.494 e. The molecule has 0 radical (unpaired) electrons. The van der Waals surface area contributed by atoms with E-state index in [1.807, 2.05) is 6.92 Å². The average molecular weight is 325 g/mol. The van der Waals surface area contributed by atoms with Gasteiger partial charge < -0.3 is 15.0 Å². The first-order valence-electron chi connectivity index (χ1n) is 7.81. The second kappa shape index (κ2) is 6.70. The summed E-state index contributed by atoms with van der Waals surface area (Å²) >= 11 is 0. The van der Waals surface area contributed by atoms with E-state index in [-0.39, 0.29) is 11.8 Å². The fourth-order valence-electron chi connectivity index (χ4n) is 2.69. The first-order chi connectivity index (χ1) is 11.6. The van der Waals surface area contributed by atoms with Crippen molar-refractivity contribution >= 4 is 23.2 Å². The molecule has 0 spiro atoms. The Kier molecular flexibility index (Phi) is 4.46. The molecular formula is C18H19N3O3. The summed E-state index contributed by atoms with van der Waals surface area (Å²) in [5.74, 6) is 0.412. The Balaban J connectivity index is 1.80. The van der Waals surface area contributed by atoms with Gasteiger partial charge in [-0.15, -0.1) is 0 Å². The summed E-state index contributed by atoms with van der Waals surface area (Å²) in [6.45, 7) is 2.56. The number of nitrogens with one attached hydrogen (secondary N) is 1. The Labute approximate surface area is 140 Å². The van der Waals surface area contributed by atoms with Gasteiger partial charge in [-0.1, -0.05) is 0 Å². The Hall–Kier alpha value is -2.89. The molecule has 1 fully saturated rings. The quantitative estimate of drug-likeness (QED) is 0.938. The minimum atomic E-state index is -0.241. The fraction of sp³-hybridized carbons (Fsp3) is 0.278. The molecule has 124 valence electrons. The van der Waals surface area contributed by atoms with Crippen molar-refractivity contribution in [1.29, 1.82) is 0 Å². The number of rotatable bonds is 4. The SMILES string of the molecule is COc1cc(NC(=O)c2ccc(C)nc2)ccc1N1CCCC1=O. The number of anilines is 2. The van der Waals surface area contributed by atoms with Crippen LogP contribution in [0, 0.1) is 6.92 Å². The van der Waals surface area contributed by atoms with Crippen LogP contribution in [0.15, 0.2) is 36.5 Å². The Morgan fingerprint density at radius 1 is 1.29 bits per heavy atom. The predicted octanol–water partition coefficient (Wildman–Crippen LogP) is 2.78. The summed E-state index contributed by atoms with van der Waals surface area (Å²) in [5, 5.41) is 2.82. The highest BCUT2D eigenvalue weighted by Gasteiger charge is 2.24. The van der Waals surface area contributed by atoms with Gasteiger partial charge in [0.15, 0.2) is 0 Å². The highest BCUT2D eigenvalue weighted by molar-refractivity contribution is 6.04. The van der Waals surface area contributed by atoms with Crippen molar-refractivity contribution in [1.82, 2.24) is 4.98 Å². The molecule has 6 heteroatoms. The largest absolute Gasteiger partial charge is 0.494 e. The van der Waals surface area contributed by atoms with E-state index in [1.165, 1.54) is 0 Å². The molecule has 0 aliphatic carbocycles. The second-order valence-corrected chi connectivity index (χ2v) is 5.68. The van der Waals surface area contributed by atoms with Crippen molar-refractivity contribution in [2.45, 2.75) is 19.8 Å². The topological polar surface area (TPSA) is 71.5 Å². The lowest BCUT2D eigenvalue weighted by molar-refractivity contribution is -0.117. The molecule has 0 bridgehead atoms. The number of aryl methyl sites for hydroxylation is 1. The number of amides is 2. The molecule has 2 heterocycles. The van der Waals surface area contributed by atoms with E-state index in [0.717, 1.165) is 17.8 Å². The molecule has 1 aromatic heterocycles. The highest BCUT2D eigenvalue weighted by atomic mass is 16.5. The molecule has 2 aromatic rings. The summed E-state index contributed by atoms with van der Waals surface area (Å²) in [7, 11) is 1.55. The number of hydrogen-bond donors (Lipinski definition) is 1. The minimum absolute atomic E-state index is 0.0933. The summed E-state index contributed by atoms with van der Waals surface area (Å²) in [4.78, 5) is 30.0. The van der Waals surface area contributed by atoms with Crippen LogP contribution in [0.1, 0.15) is 28.9 Å². The molecule has 1 aromatic carbocycles. The number of pyridine rings is 1. The van der Waals surface area contributed by atoms with Crippen LogP contribution >= 0.6 is 0 Å². The Morgan fingerprint density at radius 2 is 2.12 bits per heavy atom. The van der Waals surface area contributed by atoms with Gasteiger partial charge in [-0.05, 0) is 37.6 Å². The van der Waals surface area contributed by atoms with E-state index >= 15 is 0 Å². The second-order valence-electron chi connectivity index (χ2n) is 5.68. The molecule has 0 unspecified atom stereocenters. The van der Waals surface area contributed by atoms with E-state index in [2.05, 4.69) is 10.3 Å². The molecule has 0 atom stereocenters. The number of hydrogen-bond acceptors (Lipinski definition) is 4. The molecule has 1 aliphatic heterocycles. The van der Waals surface area contributed by atoms with Crippen molar-refractivity contribution in [2.24, 2.45) is 0 Å². The molecule has 1 saturated heterocycles. The lowest BCUT2D eigenvalue weighted by Gasteiger charge is -2.19. The van der Waals surface area contributed by atoms with Crippen LogP contribution in [0.5, 0.6) is 5.75 Å². The monoisotopic (exact) mass is 325 g/mol. The van der Waals surface area contributed by atoms with Crippen LogP contribution in [0.4, 0.5) is 11.4 Å². The number of nitrogens with zero attached hydrogens (tertiary/aromatic N) is 2. The first kappa shape index (κ1) is 16.0. The maximum atomic E-state index is 12.3. The van der Waals surface area contributed by atoms with Gasteiger partial charge in [0.05, 0.1) is 18.4 Å². The summed E-state index contributed by atoms with van der Waals surface area (Å²) in [6.07, 6.45) is 2.95. The number of benzene rings is 1. The Bertz CT molecular complexity index is 772. The molecule has 24 heavy (non-hydrogen) atoms. The molecule has 1 N–H and O–H groups in total. The third-order valence-electron chi connectivity index (χ3n) is 3.98. The maximum Gasteiger partial charge on any atom is 0.257 e. The Morgan fingerprint density at radius 3 is 2.75 bits per heavy atom. The zero-order valence-electron chi connectivity index (χ0n) is 13.7. The number of methoxy groups -OCH3 is 1. The van der Waals surface area contributed by atoms with Gasteiger partial charge in [0.1, 0.15) is 5.75 Å². The van der Waals surface area contributed by atoms with Crippen LogP contribution in [-0.4, -0.2) is 30.5 Å². The summed E-state index contributed by atoms with van der Waals surface area (Å²) < 4.78 is 5.39. The van der Waals surface area contributed by atoms with E-state index in [4.69, 9.17) is 4.74 Å². The number of carbonyl (C=O) groups is 2. The van der Waals surface area contributed by atoms with E-state index < -0.39 is 0 Å². The lowest BCUT2D eigenvalue weighted by Crippen LogP contribution is -2.24. The third kappa shape index (κ3) is 3.22. The third-order valence-corrected chi connectivity index (χ3v) is 3.98. The lowest BCUT2D eigenvalue weighted by atomic mass is 10.2. The van der Waals surface area contributed by atoms with Crippen LogP contribution in [0.25, 0.3) is 0 Å². The van der Waals surface area contributed by atoms with Gasteiger partial charge in [-0.2, -0.15) is 0 Å². The van der Waals surface area contributed by atoms with Gasteiger partial charge in [0, 0.05) is 36.6 Å². The number of carbonyl (C=O) groups excluding carboxylic acids is 2. The molecule has 3 rings (SSSR count). The highest BCUT2D eigenvalue weighted by Crippen LogP contribution is 2.33. The van der Waals surface area contributed by atoms with E-state index in [0.29, 0.717) is 30.0 Å². The molecule has 0 saturated carbocycles. The van der Waals surface area contributed by atoms with Crippen molar-refractivity contribution in [2.75, 3.05) is 23.9 Å². The van der Waals surface area contributed by atoms with Gasteiger partial charge in [-0.3, -0.25) is 14.6 Å². The van der Waals surface area contributed by atoms with Crippen molar-refractivity contribution < 1.29 is 14.3 Å². The van der Waals surface area contributed by atoms with Crippen molar-refractivity contribution in [3.8, 4) is 5.75 Å². The average Bonchev–Trinajstić information content (AvgIpc) is 3.01. The van der Waals surface area contributed by atoms with E-state index in [1.54, 1.807) is 48.5 Å². The van der Waals surface area contributed by atoms with Gasteiger partial charge in [0.25, 0.3) is 5.91 Å². The summed E-state index contributed by atoms with van der Waals surface area (Å²) in [6, 6.07) is 8.80. The zero-order valence-corrected chi connectivity index (χ0v) is 13.7. The van der Waals surface area contributed by atoms with Crippen LogP contribution in [0.2, 0.25) is 0 Å². The number of ether oxygens (including phenoxy) is 1. The maximum absolute atomic E-state index is 12.3. The van der Waals surface area contributed by atoms with Gasteiger partial charge >= 0.3 is 0 Å². The molecule has 2 amide bonds. The number of aromatic nitrogens is 1. The standard InChI is InChI=1S/C18H19N3O3/c1-12-5-6-13(11-19-12)18(23)20-14-7-8-15(16(10-14)24-2)21-9-3-4-17(21)22/h5-8,10-11H,3-4,9H2,1-2H3,(H,20,23). The zero-order chi connectivity index (χ0) is 17.1. The van der Waals surface area contributed by atoms with Crippen molar-refractivity contribution in [3.63, 3.8) is 0 Å². The van der Waals surface area contributed by atoms with E-state index in [9.17, 15) is 9.59 Å².